The fourth-order valence-corrected chi connectivity index (χ4v) is 4.29. The first-order chi connectivity index (χ1) is 15.1. The molecule has 1 aromatic heterocycles. The molecule has 3 rings (SSSR count). The average molecular weight is 490 g/mol. The number of hydrogen-bond acceptors (Lipinski definition) is 7. The van der Waals surface area contributed by atoms with E-state index in [1.165, 1.54) is 42.5 Å². The van der Waals surface area contributed by atoms with E-state index in [0.717, 1.165) is 11.3 Å². The number of aryl methyl sites for hydroxylation is 1. The van der Waals surface area contributed by atoms with E-state index in [-0.39, 0.29) is 22.0 Å². The zero-order valence-electron chi connectivity index (χ0n) is 16.6. The Labute approximate surface area is 193 Å². The van der Waals surface area contributed by atoms with Gasteiger partial charge < -0.3 is 10.1 Å². The molecule has 32 heavy (non-hydrogen) atoms. The summed E-state index contributed by atoms with van der Waals surface area (Å²) in [6.07, 6.45) is 0. The summed E-state index contributed by atoms with van der Waals surface area (Å²) in [6, 6.07) is 11.9. The fourth-order valence-electron chi connectivity index (χ4n) is 2.74. The van der Waals surface area contributed by atoms with Crippen molar-refractivity contribution in [1.29, 1.82) is 5.26 Å². The van der Waals surface area contributed by atoms with E-state index in [1.54, 1.807) is 12.3 Å². The van der Waals surface area contributed by atoms with Crippen LogP contribution in [-0.2, 0) is 14.8 Å². The van der Waals surface area contributed by atoms with Gasteiger partial charge in [0, 0.05) is 16.1 Å². The van der Waals surface area contributed by atoms with Gasteiger partial charge in [0.1, 0.15) is 11.8 Å². The monoisotopic (exact) mass is 489 g/mol. The van der Waals surface area contributed by atoms with Crippen LogP contribution in [0, 0.1) is 18.3 Å². The normalized spacial score (nSPS) is 10.9. The molecule has 0 aliphatic rings. The number of ether oxygens (including phenoxy) is 1. The van der Waals surface area contributed by atoms with E-state index >= 15 is 0 Å². The zero-order chi connectivity index (χ0) is 23.5. The van der Waals surface area contributed by atoms with Crippen LogP contribution in [0.5, 0.6) is 5.75 Å². The van der Waals surface area contributed by atoms with Crippen LogP contribution in [0.25, 0.3) is 0 Å². The number of nitriles is 1. The second kappa shape index (κ2) is 9.50. The first-order valence-electron chi connectivity index (χ1n) is 8.97. The first kappa shape index (κ1) is 23.4. The highest BCUT2D eigenvalue weighted by Crippen LogP contribution is 2.28. The molecule has 0 spiro atoms. The number of hydrogen-bond donors (Lipinski definition) is 2. The van der Waals surface area contributed by atoms with Crippen LogP contribution < -0.4 is 15.2 Å². The zero-order valence-corrected chi connectivity index (χ0v) is 19.0. The van der Waals surface area contributed by atoms with E-state index in [9.17, 15) is 18.0 Å². The lowest BCUT2D eigenvalue weighted by Crippen LogP contribution is -2.21. The van der Waals surface area contributed by atoms with Crippen LogP contribution >= 0.6 is 22.9 Å². The molecule has 1 heterocycles. The molecule has 0 unspecified atom stereocenters. The predicted octanol–water partition coefficient (Wildman–Crippen LogP) is 3.48. The molecule has 3 N–H and O–H groups in total. The summed E-state index contributed by atoms with van der Waals surface area (Å²) in [4.78, 5) is 25.5. The third-order valence-electron chi connectivity index (χ3n) is 4.30. The fraction of sp³-hybridized carbons (Fsp3) is 0.0952. The van der Waals surface area contributed by atoms with Crippen LogP contribution in [-0.4, -0.2) is 26.7 Å². The number of primary sulfonamides is 1. The molecule has 0 saturated heterocycles. The number of rotatable bonds is 7. The van der Waals surface area contributed by atoms with Crippen molar-refractivity contribution in [3.05, 3.63) is 74.4 Å². The molecule has 0 saturated carbocycles. The van der Waals surface area contributed by atoms with E-state index in [2.05, 4.69) is 5.32 Å². The molecule has 0 bridgehead atoms. The highest BCUT2D eigenvalue weighted by molar-refractivity contribution is 7.89. The third-order valence-corrected chi connectivity index (χ3v) is 6.37. The van der Waals surface area contributed by atoms with Gasteiger partial charge in [-0.25, -0.2) is 13.6 Å². The van der Waals surface area contributed by atoms with Crippen molar-refractivity contribution in [3.8, 4) is 11.8 Å². The van der Waals surface area contributed by atoms with E-state index in [4.69, 9.17) is 26.7 Å². The Hall–Kier alpha value is -3.23. The number of halogens is 1. The molecule has 3 aromatic rings. The first-order valence-corrected chi connectivity index (χ1v) is 11.8. The molecule has 8 nitrogen and oxygen atoms in total. The second-order valence-corrected chi connectivity index (χ2v) is 9.55. The Morgan fingerprint density at radius 1 is 1.22 bits per heavy atom. The summed E-state index contributed by atoms with van der Waals surface area (Å²) in [6.45, 7) is 1.21. The Morgan fingerprint density at radius 2 is 1.97 bits per heavy atom. The number of nitrogens with one attached hydrogen (secondary N) is 1. The number of thiophene rings is 1. The Bertz CT molecular complexity index is 1360. The minimum atomic E-state index is -3.85. The molecular formula is C21H16ClN3O5S2. The van der Waals surface area contributed by atoms with Crippen molar-refractivity contribution in [2.75, 3.05) is 11.9 Å². The number of sulfonamides is 1. The maximum Gasteiger partial charge on any atom is 0.262 e. The number of carbonyl (C=O) groups is 2. The van der Waals surface area contributed by atoms with Crippen LogP contribution in [0.1, 0.15) is 26.4 Å². The summed E-state index contributed by atoms with van der Waals surface area (Å²) in [5.41, 5.74) is 1.41. The molecule has 0 fully saturated rings. The van der Waals surface area contributed by atoms with Crippen molar-refractivity contribution in [2.45, 2.75) is 11.8 Å². The van der Waals surface area contributed by atoms with Gasteiger partial charge in [-0.15, -0.1) is 11.3 Å². The maximum atomic E-state index is 12.8. The van der Waals surface area contributed by atoms with Crippen molar-refractivity contribution >= 4 is 50.3 Å². The van der Waals surface area contributed by atoms with Gasteiger partial charge in [0.2, 0.25) is 15.8 Å². The molecule has 0 aliphatic carbocycles. The summed E-state index contributed by atoms with van der Waals surface area (Å²) in [5.74, 6) is -0.751. The van der Waals surface area contributed by atoms with Crippen molar-refractivity contribution in [2.24, 2.45) is 5.14 Å². The molecule has 11 heteroatoms. The molecule has 0 aliphatic heterocycles. The van der Waals surface area contributed by atoms with E-state index in [0.29, 0.717) is 26.7 Å². The SMILES string of the molecule is Cc1cc(S(N)(=O)=O)ccc1NC(=O)COc1ccc(Cl)cc1C(=O)c1cc(C#N)cs1. The van der Waals surface area contributed by atoms with Crippen LogP contribution in [0.4, 0.5) is 5.69 Å². The van der Waals surface area contributed by atoms with E-state index < -0.39 is 22.5 Å². The molecule has 164 valence electrons. The standard InChI is InChI=1S/C21H16ClN3O5S2/c1-12-6-15(32(24,28)29)3-4-17(12)25-20(26)10-30-18-5-2-14(22)8-16(18)21(27)19-7-13(9-23)11-31-19/h2-8,11H,10H2,1H3,(H,25,26)(H2,24,28,29). The molecule has 0 atom stereocenters. The Balaban J connectivity index is 1.74. The lowest BCUT2D eigenvalue weighted by atomic mass is 10.1. The van der Waals surface area contributed by atoms with Gasteiger partial charge in [0.15, 0.2) is 6.61 Å². The van der Waals surface area contributed by atoms with Gasteiger partial charge >= 0.3 is 0 Å². The highest BCUT2D eigenvalue weighted by atomic mass is 35.5. The van der Waals surface area contributed by atoms with Gasteiger partial charge in [0.25, 0.3) is 5.91 Å². The number of anilines is 1. The van der Waals surface area contributed by atoms with Gasteiger partial charge in [-0.1, -0.05) is 11.6 Å². The lowest BCUT2D eigenvalue weighted by Gasteiger charge is -2.12. The summed E-state index contributed by atoms with van der Waals surface area (Å²) < 4.78 is 28.4. The molecule has 0 radical (unpaired) electrons. The van der Waals surface area contributed by atoms with Gasteiger partial charge in [0.05, 0.1) is 20.9 Å². The quantitative estimate of drug-likeness (QED) is 0.487. The maximum absolute atomic E-state index is 12.8. The van der Waals surface area contributed by atoms with E-state index in [1.807, 2.05) is 6.07 Å². The largest absolute Gasteiger partial charge is 0.483 e. The number of ketones is 1. The van der Waals surface area contributed by atoms with Gasteiger partial charge in [-0.2, -0.15) is 5.26 Å². The van der Waals surface area contributed by atoms with Gasteiger partial charge in [-0.3, -0.25) is 9.59 Å². The van der Waals surface area contributed by atoms with Crippen molar-refractivity contribution < 1.29 is 22.7 Å². The minimum Gasteiger partial charge on any atom is -0.483 e. The highest BCUT2D eigenvalue weighted by Gasteiger charge is 2.19. The number of amides is 1. The number of benzene rings is 2. The average Bonchev–Trinajstić information content (AvgIpc) is 3.22. The predicted molar refractivity (Wildman–Crippen MR) is 121 cm³/mol. The van der Waals surface area contributed by atoms with Crippen LogP contribution in [0.2, 0.25) is 5.02 Å². The Kier molecular flexibility index (Phi) is 6.96. The molecule has 1 amide bonds. The molecular weight excluding hydrogens is 474 g/mol. The minimum absolute atomic E-state index is 0.0679. The summed E-state index contributed by atoms with van der Waals surface area (Å²) >= 11 is 7.15. The van der Waals surface area contributed by atoms with Crippen LogP contribution in [0.15, 0.2) is 52.7 Å². The summed E-state index contributed by atoms with van der Waals surface area (Å²) in [7, 11) is -3.85. The van der Waals surface area contributed by atoms with Gasteiger partial charge in [-0.05, 0) is 55.0 Å². The topological polar surface area (TPSA) is 139 Å². The van der Waals surface area contributed by atoms with Crippen molar-refractivity contribution in [1.82, 2.24) is 0 Å². The lowest BCUT2D eigenvalue weighted by molar-refractivity contribution is -0.118. The van der Waals surface area contributed by atoms with Crippen molar-refractivity contribution in [3.63, 3.8) is 0 Å². The number of nitrogens with two attached hydrogens (primary N) is 1. The number of carbonyl (C=O) groups excluding carboxylic acids is 2. The van der Waals surface area contributed by atoms with Crippen LogP contribution in [0.3, 0.4) is 0 Å². The third kappa shape index (κ3) is 5.52. The smallest absolute Gasteiger partial charge is 0.262 e. The Morgan fingerprint density at radius 3 is 2.59 bits per heavy atom. The molecule has 2 aromatic carbocycles. The number of nitrogens with zero attached hydrogens (tertiary/aromatic N) is 1. The summed E-state index contributed by atoms with van der Waals surface area (Å²) in [5, 5.41) is 18.6. The second-order valence-electron chi connectivity index (χ2n) is 6.64.